The first-order valence-corrected chi connectivity index (χ1v) is 8.84. The molecule has 0 bridgehead atoms. The fraction of sp³-hybridized carbons (Fsp3) is 0.500. The lowest BCUT2D eigenvalue weighted by atomic mass is 9.96. The highest BCUT2D eigenvalue weighted by Gasteiger charge is 2.28. The normalized spacial score (nSPS) is 22.7. The molecule has 1 aliphatic heterocycles. The first-order chi connectivity index (χ1) is 9.31. The molecule has 0 aliphatic carbocycles. The summed E-state index contributed by atoms with van der Waals surface area (Å²) in [5.74, 6) is -0.634. The molecule has 1 aromatic rings. The van der Waals surface area contributed by atoms with Gasteiger partial charge in [-0.3, -0.25) is 0 Å². The van der Waals surface area contributed by atoms with Gasteiger partial charge in [0.15, 0.2) is 0 Å². The first-order valence-electron chi connectivity index (χ1n) is 6.19. The Labute approximate surface area is 143 Å². The van der Waals surface area contributed by atoms with Crippen LogP contribution >= 0.6 is 39.9 Å². The molecule has 2 N–H and O–H groups in total. The molecule has 0 spiro atoms. The molecule has 2 rings (SSSR count). The topological polar surface area (TPSA) is 58.2 Å². The van der Waals surface area contributed by atoms with E-state index in [4.69, 9.17) is 11.6 Å². The third-order valence-electron chi connectivity index (χ3n) is 3.40. The van der Waals surface area contributed by atoms with E-state index in [-0.39, 0.29) is 29.4 Å². The van der Waals surface area contributed by atoms with E-state index in [9.17, 15) is 12.8 Å². The highest BCUT2D eigenvalue weighted by molar-refractivity contribution is 9.10. The van der Waals surface area contributed by atoms with Gasteiger partial charge < -0.3 is 5.32 Å². The SMILES string of the molecule is CC1CCNCC1NS(=O)(=O)c1cc(Cl)c(Br)cc1F.Cl. The van der Waals surface area contributed by atoms with Gasteiger partial charge in [0.2, 0.25) is 10.0 Å². The average Bonchev–Trinajstić information content (AvgIpc) is 2.36. The van der Waals surface area contributed by atoms with Crippen molar-refractivity contribution in [2.24, 2.45) is 5.92 Å². The fourth-order valence-electron chi connectivity index (χ4n) is 2.12. The van der Waals surface area contributed by atoms with Crippen molar-refractivity contribution in [1.82, 2.24) is 10.0 Å². The largest absolute Gasteiger partial charge is 0.315 e. The zero-order chi connectivity index (χ0) is 14.9. The molecule has 0 saturated carbocycles. The van der Waals surface area contributed by atoms with Crippen LogP contribution in [0.1, 0.15) is 13.3 Å². The van der Waals surface area contributed by atoms with Crippen LogP contribution in [-0.4, -0.2) is 27.5 Å². The molecule has 4 nitrogen and oxygen atoms in total. The Balaban J connectivity index is 0.00000220. The van der Waals surface area contributed by atoms with Crippen molar-refractivity contribution in [2.75, 3.05) is 13.1 Å². The molecule has 2 atom stereocenters. The van der Waals surface area contributed by atoms with Crippen molar-refractivity contribution < 1.29 is 12.8 Å². The number of nitrogens with one attached hydrogen (secondary N) is 2. The van der Waals surface area contributed by atoms with E-state index in [1.165, 1.54) is 0 Å². The lowest BCUT2D eigenvalue weighted by molar-refractivity contribution is 0.327. The molecule has 1 aromatic carbocycles. The van der Waals surface area contributed by atoms with Crippen LogP contribution in [0.4, 0.5) is 4.39 Å². The Kier molecular flexibility index (Phi) is 6.89. The van der Waals surface area contributed by atoms with Crippen molar-refractivity contribution in [3.8, 4) is 0 Å². The summed E-state index contributed by atoms with van der Waals surface area (Å²) >= 11 is 8.90. The third-order valence-corrected chi connectivity index (χ3v) is 6.10. The Morgan fingerprint density at radius 1 is 1.48 bits per heavy atom. The standard InChI is InChI=1S/C12H15BrClFN2O2S.ClH/c1-7-2-3-16-6-11(7)17-20(18,19)12-5-9(14)8(13)4-10(12)15;/h4-5,7,11,16-17H,2-3,6H2,1H3;1H. The van der Waals surface area contributed by atoms with Gasteiger partial charge in [-0.1, -0.05) is 18.5 Å². The molecule has 1 fully saturated rings. The summed E-state index contributed by atoms with van der Waals surface area (Å²) in [5, 5.41) is 3.27. The van der Waals surface area contributed by atoms with E-state index in [0.29, 0.717) is 11.0 Å². The molecule has 1 aliphatic rings. The number of sulfonamides is 1. The van der Waals surface area contributed by atoms with Crippen LogP contribution in [0.25, 0.3) is 0 Å². The highest BCUT2D eigenvalue weighted by atomic mass is 79.9. The van der Waals surface area contributed by atoms with Gasteiger partial charge in [-0.25, -0.2) is 17.5 Å². The lowest BCUT2D eigenvalue weighted by Crippen LogP contribution is -2.50. The smallest absolute Gasteiger partial charge is 0.243 e. The molecule has 21 heavy (non-hydrogen) atoms. The number of hydrogen-bond acceptors (Lipinski definition) is 3. The number of halogens is 4. The van der Waals surface area contributed by atoms with E-state index < -0.39 is 20.7 Å². The molecular weight excluding hydrogens is 406 g/mol. The van der Waals surface area contributed by atoms with E-state index in [2.05, 4.69) is 26.0 Å². The van der Waals surface area contributed by atoms with Gasteiger partial charge in [0.05, 0.1) is 5.02 Å². The zero-order valence-corrected chi connectivity index (χ0v) is 15.2. The maximum atomic E-state index is 13.9. The van der Waals surface area contributed by atoms with Crippen LogP contribution in [0.2, 0.25) is 5.02 Å². The molecule has 9 heteroatoms. The molecule has 2 unspecified atom stereocenters. The molecule has 120 valence electrons. The first kappa shape index (κ1) is 19.1. The van der Waals surface area contributed by atoms with Gasteiger partial charge in [0.1, 0.15) is 10.7 Å². The zero-order valence-electron chi connectivity index (χ0n) is 11.2. The Bertz CT molecular complexity index is 616. The van der Waals surface area contributed by atoms with Crippen molar-refractivity contribution in [1.29, 1.82) is 0 Å². The lowest BCUT2D eigenvalue weighted by Gasteiger charge is -2.30. The summed E-state index contributed by atoms with van der Waals surface area (Å²) < 4.78 is 41.3. The van der Waals surface area contributed by atoms with Crippen LogP contribution in [0, 0.1) is 11.7 Å². The quantitative estimate of drug-likeness (QED) is 0.737. The van der Waals surface area contributed by atoms with E-state index >= 15 is 0 Å². The summed E-state index contributed by atoms with van der Waals surface area (Å²) in [5.41, 5.74) is 0. The predicted molar refractivity (Wildman–Crippen MR) is 87.1 cm³/mol. The molecular formula is C12H16BrCl2FN2O2S. The summed E-state index contributed by atoms with van der Waals surface area (Å²) in [6, 6.07) is 1.92. The minimum atomic E-state index is -3.93. The van der Waals surface area contributed by atoms with Crippen molar-refractivity contribution in [2.45, 2.75) is 24.3 Å². The third kappa shape index (κ3) is 4.53. The summed E-state index contributed by atoms with van der Waals surface area (Å²) in [7, 11) is -3.93. The molecule has 0 amide bonds. The number of rotatable bonds is 3. The van der Waals surface area contributed by atoms with Gasteiger partial charge in [0, 0.05) is 17.1 Å². The number of hydrogen-bond donors (Lipinski definition) is 2. The summed E-state index contributed by atoms with van der Waals surface area (Å²) in [6.07, 6.45) is 0.872. The maximum absolute atomic E-state index is 13.9. The van der Waals surface area contributed by atoms with E-state index in [0.717, 1.165) is 25.1 Å². The Hall–Kier alpha value is 0.0800. The Morgan fingerprint density at radius 2 is 2.14 bits per heavy atom. The van der Waals surface area contributed by atoms with Crippen molar-refractivity contribution >= 4 is 50.0 Å². The maximum Gasteiger partial charge on any atom is 0.243 e. The van der Waals surface area contributed by atoms with Crippen LogP contribution in [0.15, 0.2) is 21.5 Å². The second-order valence-corrected chi connectivity index (χ2v) is 7.84. The fourth-order valence-corrected chi connectivity index (χ4v) is 4.09. The second kappa shape index (κ2) is 7.57. The minimum absolute atomic E-state index is 0. The highest BCUT2D eigenvalue weighted by Crippen LogP contribution is 2.28. The average molecular weight is 422 g/mol. The molecule has 0 radical (unpaired) electrons. The van der Waals surface area contributed by atoms with Crippen LogP contribution < -0.4 is 10.0 Å². The van der Waals surface area contributed by atoms with E-state index in [1.54, 1.807) is 0 Å². The predicted octanol–water partition coefficient (Wildman–Crippen LogP) is 2.94. The molecule has 1 saturated heterocycles. The molecule has 0 aromatic heterocycles. The second-order valence-electron chi connectivity index (χ2n) is 4.89. The Morgan fingerprint density at radius 3 is 2.76 bits per heavy atom. The van der Waals surface area contributed by atoms with Gasteiger partial charge in [-0.2, -0.15) is 0 Å². The van der Waals surface area contributed by atoms with Crippen LogP contribution in [-0.2, 0) is 10.0 Å². The van der Waals surface area contributed by atoms with Gasteiger partial charge in [-0.15, -0.1) is 12.4 Å². The summed E-state index contributed by atoms with van der Waals surface area (Å²) in [6.45, 7) is 3.36. The van der Waals surface area contributed by atoms with Crippen LogP contribution in [0.3, 0.4) is 0 Å². The van der Waals surface area contributed by atoms with Gasteiger partial charge >= 0.3 is 0 Å². The van der Waals surface area contributed by atoms with Crippen molar-refractivity contribution in [3.63, 3.8) is 0 Å². The van der Waals surface area contributed by atoms with E-state index in [1.807, 2.05) is 6.92 Å². The number of benzene rings is 1. The van der Waals surface area contributed by atoms with Crippen molar-refractivity contribution in [3.05, 3.63) is 27.4 Å². The van der Waals surface area contributed by atoms with Gasteiger partial charge in [0.25, 0.3) is 0 Å². The minimum Gasteiger partial charge on any atom is -0.315 e. The monoisotopic (exact) mass is 420 g/mol. The van der Waals surface area contributed by atoms with Gasteiger partial charge in [-0.05, 0) is 46.9 Å². The number of piperidine rings is 1. The summed E-state index contributed by atoms with van der Waals surface area (Å²) in [4.78, 5) is -0.427. The molecule has 1 heterocycles. The van der Waals surface area contributed by atoms with Crippen LogP contribution in [0.5, 0.6) is 0 Å².